The first-order chi connectivity index (χ1) is 13.6. The zero-order valence-corrected chi connectivity index (χ0v) is 16.5. The molecule has 150 valence electrons. The van der Waals surface area contributed by atoms with Crippen molar-refractivity contribution < 1.29 is 23.7 Å². The second kappa shape index (κ2) is 8.72. The van der Waals surface area contributed by atoms with E-state index in [1.807, 2.05) is 50.2 Å². The summed E-state index contributed by atoms with van der Waals surface area (Å²) in [5, 5.41) is 0. The van der Waals surface area contributed by atoms with Gasteiger partial charge in [-0.1, -0.05) is 60.7 Å². The van der Waals surface area contributed by atoms with E-state index in [4.69, 9.17) is 23.7 Å². The van der Waals surface area contributed by atoms with Gasteiger partial charge in [0.15, 0.2) is 12.1 Å². The summed E-state index contributed by atoms with van der Waals surface area (Å²) in [7, 11) is 0. The molecule has 0 radical (unpaired) electrons. The van der Waals surface area contributed by atoms with E-state index in [1.54, 1.807) is 0 Å². The summed E-state index contributed by atoms with van der Waals surface area (Å²) < 4.78 is 30.1. The summed E-state index contributed by atoms with van der Waals surface area (Å²) in [4.78, 5) is 0. The fraction of sp³-hybridized carbons (Fsp3) is 0.478. The predicted molar refractivity (Wildman–Crippen MR) is 104 cm³/mol. The maximum Gasteiger partial charge on any atom is 0.187 e. The Morgan fingerprint density at radius 3 is 2.21 bits per heavy atom. The highest BCUT2D eigenvalue weighted by molar-refractivity contribution is 5.14. The lowest BCUT2D eigenvalue weighted by atomic mass is 10.1. The van der Waals surface area contributed by atoms with Crippen molar-refractivity contribution in [1.29, 1.82) is 0 Å². The van der Waals surface area contributed by atoms with Crippen LogP contribution in [0, 0.1) is 0 Å². The molecular formula is C23H28O5. The highest BCUT2D eigenvalue weighted by Crippen LogP contribution is 2.38. The second-order valence-electron chi connectivity index (χ2n) is 7.79. The van der Waals surface area contributed by atoms with Gasteiger partial charge in [0.25, 0.3) is 0 Å². The molecule has 2 aliphatic rings. The standard InChI is InChI=1S/C23H28O5/c1-23(2)27-20-13-19(26-22(20)28-23)21(25-15-18-11-7-4-8-12-18)16-24-14-17-9-5-3-6-10-17/h3-12,19-22H,13-16H2,1-2H3/t19-,20+,21?,22+/m0/s1. The smallest absolute Gasteiger partial charge is 0.187 e. The highest BCUT2D eigenvalue weighted by atomic mass is 16.8. The van der Waals surface area contributed by atoms with Crippen LogP contribution in [0.3, 0.4) is 0 Å². The van der Waals surface area contributed by atoms with E-state index < -0.39 is 5.79 Å². The quantitative estimate of drug-likeness (QED) is 0.687. The van der Waals surface area contributed by atoms with Crippen molar-refractivity contribution in [2.24, 2.45) is 0 Å². The predicted octanol–water partition coefficient (Wildman–Crippen LogP) is 4.06. The van der Waals surface area contributed by atoms with Gasteiger partial charge in [-0.3, -0.25) is 0 Å². The number of fused-ring (bicyclic) bond motifs is 1. The second-order valence-corrected chi connectivity index (χ2v) is 7.79. The molecule has 0 saturated carbocycles. The Morgan fingerprint density at radius 1 is 0.929 bits per heavy atom. The van der Waals surface area contributed by atoms with Crippen LogP contribution in [0.1, 0.15) is 31.4 Å². The van der Waals surface area contributed by atoms with Crippen molar-refractivity contribution >= 4 is 0 Å². The van der Waals surface area contributed by atoms with E-state index in [0.717, 1.165) is 17.5 Å². The zero-order chi connectivity index (χ0) is 19.4. The fourth-order valence-corrected chi connectivity index (χ4v) is 3.68. The van der Waals surface area contributed by atoms with Crippen molar-refractivity contribution in [3.05, 3.63) is 71.8 Å². The lowest BCUT2D eigenvalue weighted by Gasteiger charge is -2.26. The van der Waals surface area contributed by atoms with Gasteiger partial charge < -0.3 is 23.7 Å². The first kappa shape index (κ1) is 19.6. The van der Waals surface area contributed by atoms with Crippen LogP contribution in [-0.4, -0.2) is 37.0 Å². The van der Waals surface area contributed by atoms with Crippen LogP contribution in [-0.2, 0) is 36.9 Å². The fourth-order valence-electron chi connectivity index (χ4n) is 3.68. The molecule has 5 nitrogen and oxygen atoms in total. The molecule has 0 N–H and O–H groups in total. The topological polar surface area (TPSA) is 46.2 Å². The number of hydrogen-bond donors (Lipinski definition) is 0. The van der Waals surface area contributed by atoms with E-state index in [9.17, 15) is 0 Å². The summed E-state index contributed by atoms with van der Waals surface area (Å²) >= 11 is 0. The first-order valence-corrected chi connectivity index (χ1v) is 9.87. The average Bonchev–Trinajstić information content (AvgIpc) is 3.19. The van der Waals surface area contributed by atoms with Gasteiger partial charge in [-0.15, -0.1) is 0 Å². The molecule has 2 heterocycles. The van der Waals surface area contributed by atoms with Gasteiger partial charge in [0, 0.05) is 6.42 Å². The normalized spacial score (nSPS) is 26.9. The Balaban J connectivity index is 1.35. The van der Waals surface area contributed by atoms with Crippen LogP contribution in [0.15, 0.2) is 60.7 Å². The third kappa shape index (κ3) is 4.99. The minimum Gasteiger partial charge on any atom is -0.374 e. The summed E-state index contributed by atoms with van der Waals surface area (Å²) in [5.41, 5.74) is 2.27. The summed E-state index contributed by atoms with van der Waals surface area (Å²) in [5.74, 6) is -0.593. The highest BCUT2D eigenvalue weighted by Gasteiger charge is 2.50. The van der Waals surface area contributed by atoms with Crippen molar-refractivity contribution in [3.8, 4) is 0 Å². The Bertz CT molecular complexity index is 717. The van der Waals surface area contributed by atoms with E-state index in [1.165, 1.54) is 0 Å². The summed E-state index contributed by atoms with van der Waals surface area (Å²) in [6.07, 6.45) is 0.0340. The molecule has 28 heavy (non-hydrogen) atoms. The molecule has 0 aromatic heterocycles. The van der Waals surface area contributed by atoms with Crippen LogP contribution in [0.5, 0.6) is 0 Å². The van der Waals surface area contributed by atoms with E-state index in [-0.39, 0.29) is 24.6 Å². The lowest BCUT2D eigenvalue weighted by molar-refractivity contribution is -0.221. The third-order valence-electron chi connectivity index (χ3n) is 5.03. The monoisotopic (exact) mass is 384 g/mol. The van der Waals surface area contributed by atoms with Crippen LogP contribution in [0.4, 0.5) is 0 Å². The Labute approximate surface area is 166 Å². The van der Waals surface area contributed by atoms with Crippen molar-refractivity contribution in [3.63, 3.8) is 0 Å². The van der Waals surface area contributed by atoms with Gasteiger partial charge in [0.05, 0.1) is 25.9 Å². The molecule has 5 heteroatoms. The maximum atomic E-state index is 6.21. The van der Waals surface area contributed by atoms with Gasteiger partial charge in [0.2, 0.25) is 0 Å². The molecule has 2 fully saturated rings. The van der Waals surface area contributed by atoms with Crippen LogP contribution < -0.4 is 0 Å². The molecule has 4 atom stereocenters. The minimum atomic E-state index is -0.593. The SMILES string of the molecule is CC1(C)O[C@H]2O[C@H](C(COCc3ccccc3)OCc3ccccc3)C[C@H]2O1. The van der Waals surface area contributed by atoms with Gasteiger partial charge in [-0.2, -0.15) is 0 Å². The van der Waals surface area contributed by atoms with Gasteiger partial charge in [-0.05, 0) is 25.0 Å². The van der Waals surface area contributed by atoms with E-state index >= 15 is 0 Å². The van der Waals surface area contributed by atoms with Crippen molar-refractivity contribution in [2.45, 2.75) is 63.9 Å². The van der Waals surface area contributed by atoms with Crippen LogP contribution in [0.2, 0.25) is 0 Å². The molecule has 2 saturated heterocycles. The number of hydrogen-bond acceptors (Lipinski definition) is 5. The molecule has 0 amide bonds. The number of ether oxygens (including phenoxy) is 5. The number of rotatable bonds is 8. The molecule has 4 rings (SSSR count). The molecular weight excluding hydrogens is 356 g/mol. The van der Waals surface area contributed by atoms with Gasteiger partial charge >= 0.3 is 0 Å². The molecule has 1 unspecified atom stereocenters. The van der Waals surface area contributed by atoms with E-state index in [0.29, 0.717) is 19.8 Å². The third-order valence-corrected chi connectivity index (χ3v) is 5.03. The Kier molecular flexibility index (Phi) is 6.09. The Morgan fingerprint density at radius 2 is 1.57 bits per heavy atom. The Hall–Kier alpha value is -1.76. The van der Waals surface area contributed by atoms with Crippen LogP contribution >= 0.6 is 0 Å². The first-order valence-electron chi connectivity index (χ1n) is 9.87. The largest absolute Gasteiger partial charge is 0.374 e. The number of benzene rings is 2. The van der Waals surface area contributed by atoms with Crippen molar-refractivity contribution in [2.75, 3.05) is 6.61 Å². The zero-order valence-electron chi connectivity index (χ0n) is 16.5. The van der Waals surface area contributed by atoms with Crippen molar-refractivity contribution in [1.82, 2.24) is 0 Å². The van der Waals surface area contributed by atoms with Gasteiger partial charge in [-0.25, -0.2) is 0 Å². The van der Waals surface area contributed by atoms with Gasteiger partial charge in [0.1, 0.15) is 12.2 Å². The summed E-state index contributed by atoms with van der Waals surface area (Å²) in [6, 6.07) is 20.3. The molecule has 0 aliphatic carbocycles. The lowest BCUT2D eigenvalue weighted by Crippen LogP contribution is -2.35. The summed E-state index contributed by atoms with van der Waals surface area (Å²) in [6.45, 7) is 5.34. The van der Waals surface area contributed by atoms with E-state index in [2.05, 4.69) is 24.3 Å². The van der Waals surface area contributed by atoms with Crippen LogP contribution in [0.25, 0.3) is 0 Å². The maximum absolute atomic E-state index is 6.21. The molecule has 2 aromatic carbocycles. The average molecular weight is 384 g/mol. The molecule has 0 bridgehead atoms. The molecule has 0 spiro atoms. The molecule has 2 aliphatic heterocycles. The minimum absolute atomic E-state index is 0.0584. The molecule has 2 aromatic rings.